The van der Waals surface area contributed by atoms with Crippen molar-refractivity contribution >= 4 is 11.3 Å². The van der Waals surface area contributed by atoms with Crippen LogP contribution in [0.4, 0.5) is 13.2 Å². The van der Waals surface area contributed by atoms with Crippen LogP contribution in [-0.2, 0) is 6.54 Å². The van der Waals surface area contributed by atoms with Gasteiger partial charge in [-0.3, -0.25) is 0 Å². The molecule has 0 bridgehead atoms. The van der Waals surface area contributed by atoms with Crippen molar-refractivity contribution in [3.63, 3.8) is 0 Å². The average Bonchev–Trinajstić information content (AvgIpc) is 2.87. The maximum atomic E-state index is 12.0. The lowest BCUT2D eigenvalue weighted by atomic mass is 10.2. The first-order chi connectivity index (χ1) is 9.54. The first-order valence-corrected chi connectivity index (χ1v) is 7.20. The van der Waals surface area contributed by atoms with Gasteiger partial charge in [-0.05, 0) is 13.0 Å². The minimum atomic E-state index is -4.07. The number of benzene rings is 1. The fraction of sp³-hybridized carbons (Fsp3) is 0.357. The summed E-state index contributed by atoms with van der Waals surface area (Å²) < 4.78 is 35.9. The molecule has 1 heterocycles. The lowest BCUT2D eigenvalue weighted by molar-refractivity contribution is -0.135. The fourth-order valence-corrected chi connectivity index (χ4v) is 2.52. The minimum absolute atomic E-state index is 0.0976. The average molecular weight is 300 g/mol. The highest BCUT2D eigenvalue weighted by Crippen LogP contribution is 2.22. The molecule has 0 aliphatic rings. The van der Waals surface area contributed by atoms with Gasteiger partial charge in [-0.1, -0.05) is 30.3 Å². The Morgan fingerprint density at radius 3 is 2.60 bits per heavy atom. The van der Waals surface area contributed by atoms with Crippen LogP contribution in [0.1, 0.15) is 17.8 Å². The second-order valence-electron chi connectivity index (χ2n) is 4.39. The largest absolute Gasteiger partial charge is 0.389 e. The molecule has 0 unspecified atom stereocenters. The summed E-state index contributed by atoms with van der Waals surface area (Å²) in [5.41, 5.74) is 1.95. The third kappa shape index (κ3) is 4.94. The van der Waals surface area contributed by atoms with E-state index in [-0.39, 0.29) is 6.42 Å². The van der Waals surface area contributed by atoms with Crippen LogP contribution in [0.15, 0.2) is 35.7 Å². The van der Waals surface area contributed by atoms with Gasteiger partial charge in [0.1, 0.15) is 5.01 Å². The summed E-state index contributed by atoms with van der Waals surface area (Å²) in [6.45, 7) is 0.856. The SMILES string of the molecule is FC(F)(F)CCCNCc1nc(-c2ccccc2)cs1. The predicted octanol–water partition coefficient (Wildman–Crippen LogP) is 4.24. The van der Waals surface area contributed by atoms with Gasteiger partial charge in [0.15, 0.2) is 0 Å². The van der Waals surface area contributed by atoms with E-state index in [1.165, 1.54) is 11.3 Å². The van der Waals surface area contributed by atoms with Gasteiger partial charge >= 0.3 is 6.18 Å². The van der Waals surface area contributed by atoms with Crippen LogP contribution in [0.3, 0.4) is 0 Å². The van der Waals surface area contributed by atoms with Crippen molar-refractivity contribution in [2.24, 2.45) is 0 Å². The van der Waals surface area contributed by atoms with Gasteiger partial charge in [0, 0.05) is 23.9 Å². The van der Waals surface area contributed by atoms with Gasteiger partial charge in [-0.25, -0.2) is 4.98 Å². The van der Waals surface area contributed by atoms with E-state index in [9.17, 15) is 13.2 Å². The fourth-order valence-electron chi connectivity index (χ4n) is 1.74. The van der Waals surface area contributed by atoms with Crippen molar-refractivity contribution in [3.05, 3.63) is 40.7 Å². The van der Waals surface area contributed by atoms with E-state index in [0.717, 1.165) is 16.3 Å². The Bertz CT molecular complexity index is 523. The van der Waals surface area contributed by atoms with E-state index in [2.05, 4.69) is 10.3 Å². The molecule has 0 spiro atoms. The van der Waals surface area contributed by atoms with Gasteiger partial charge in [-0.15, -0.1) is 11.3 Å². The molecular formula is C14H15F3N2S. The smallest absolute Gasteiger partial charge is 0.310 e. The number of halogens is 3. The second-order valence-corrected chi connectivity index (χ2v) is 5.33. The van der Waals surface area contributed by atoms with Gasteiger partial charge in [0.05, 0.1) is 5.69 Å². The van der Waals surface area contributed by atoms with E-state index >= 15 is 0 Å². The molecule has 1 aromatic carbocycles. The van der Waals surface area contributed by atoms with Crippen molar-refractivity contribution in [2.45, 2.75) is 25.6 Å². The number of nitrogens with one attached hydrogen (secondary N) is 1. The number of thiazole rings is 1. The Kier molecular flexibility index (Phi) is 5.14. The molecule has 0 aliphatic carbocycles. The molecule has 0 amide bonds. The Hall–Kier alpha value is -1.40. The Labute approximate surface area is 119 Å². The number of nitrogens with zero attached hydrogens (tertiary/aromatic N) is 1. The third-order valence-electron chi connectivity index (χ3n) is 2.71. The van der Waals surface area contributed by atoms with Crippen LogP contribution in [0.2, 0.25) is 0 Å². The molecule has 0 aliphatic heterocycles. The number of hydrogen-bond donors (Lipinski definition) is 1. The first-order valence-electron chi connectivity index (χ1n) is 6.32. The standard InChI is InChI=1S/C14H15F3N2S/c15-14(16,17)7-4-8-18-9-13-19-12(10-20-13)11-5-2-1-3-6-11/h1-3,5-6,10,18H,4,7-9H2. The highest BCUT2D eigenvalue weighted by atomic mass is 32.1. The number of aromatic nitrogens is 1. The molecule has 6 heteroatoms. The molecule has 0 saturated carbocycles. The molecule has 1 aromatic heterocycles. The lowest BCUT2D eigenvalue weighted by Crippen LogP contribution is -2.17. The van der Waals surface area contributed by atoms with Gasteiger partial charge < -0.3 is 5.32 Å². The van der Waals surface area contributed by atoms with Crippen LogP contribution in [0.25, 0.3) is 11.3 Å². The number of rotatable bonds is 6. The number of alkyl halides is 3. The van der Waals surface area contributed by atoms with E-state index < -0.39 is 12.6 Å². The van der Waals surface area contributed by atoms with E-state index in [1.54, 1.807) is 0 Å². The predicted molar refractivity (Wildman–Crippen MR) is 74.5 cm³/mol. The Morgan fingerprint density at radius 2 is 1.90 bits per heavy atom. The number of hydrogen-bond acceptors (Lipinski definition) is 3. The quantitative estimate of drug-likeness (QED) is 0.807. The summed E-state index contributed by atoms with van der Waals surface area (Å²) in [5, 5.41) is 5.83. The van der Waals surface area contributed by atoms with Gasteiger partial charge in [0.25, 0.3) is 0 Å². The zero-order valence-electron chi connectivity index (χ0n) is 10.8. The van der Waals surface area contributed by atoms with Crippen molar-refractivity contribution in [3.8, 4) is 11.3 Å². The highest BCUT2D eigenvalue weighted by Gasteiger charge is 2.25. The zero-order chi connectivity index (χ0) is 14.4. The second kappa shape index (κ2) is 6.85. The summed E-state index contributed by atoms with van der Waals surface area (Å²) in [5.74, 6) is 0. The van der Waals surface area contributed by atoms with Crippen LogP contribution < -0.4 is 5.32 Å². The molecule has 0 atom stereocenters. The van der Waals surface area contributed by atoms with E-state index in [0.29, 0.717) is 13.1 Å². The highest BCUT2D eigenvalue weighted by molar-refractivity contribution is 7.09. The molecule has 0 saturated heterocycles. The van der Waals surface area contributed by atoms with Crippen molar-refractivity contribution in [1.82, 2.24) is 10.3 Å². The first kappa shape index (κ1) is 15.0. The Morgan fingerprint density at radius 1 is 1.15 bits per heavy atom. The van der Waals surface area contributed by atoms with Crippen LogP contribution >= 0.6 is 11.3 Å². The molecule has 0 fully saturated rings. The molecule has 1 N–H and O–H groups in total. The van der Waals surface area contributed by atoms with Crippen LogP contribution in [-0.4, -0.2) is 17.7 Å². The summed E-state index contributed by atoms with van der Waals surface area (Å²) in [4.78, 5) is 4.46. The van der Waals surface area contributed by atoms with E-state index in [1.807, 2.05) is 35.7 Å². The maximum Gasteiger partial charge on any atom is 0.389 e. The van der Waals surface area contributed by atoms with Crippen LogP contribution in [0.5, 0.6) is 0 Å². The monoisotopic (exact) mass is 300 g/mol. The molecule has 20 heavy (non-hydrogen) atoms. The summed E-state index contributed by atoms with van der Waals surface area (Å²) >= 11 is 1.51. The lowest BCUT2D eigenvalue weighted by Gasteiger charge is -2.06. The Balaban J connectivity index is 1.76. The minimum Gasteiger partial charge on any atom is -0.310 e. The van der Waals surface area contributed by atoms with Gasteiger partial charge in [0.2, 0.25) is 0 Å². The normalized spacial score (nSPS) is 11.8. The summed E-state index contributed by atoms with van der Waals surface area (Å²) in [6, 6.07) is 9.80. The topological polar surface area (TPSA) is 24.9 Å². The maximum absolute atomic E-state index is 12.0. The summed E-state index contributed by atoms with van der Waals surface area (Å²) in [7, 11) is 0. The van der Waals surface area contributed by atoms with Crippen molar-refractivity contribution < 1.29 is 13.2 Å². The zero-order valence-corrected chi connectivity index (χ0v) is 11.6. The van der Waals surface area contributed by atoms with Crippen molar-refractivity contribution in [1.29, 1.82) is 0 Å². The van der Waals surface area contributed by atoms with Crippen molar-refractivity contribution in [2.75, 3.05) is 6.54 Å². The third-order valence-corrected chi connectivity index (χ3v) is 3.56. The molecule has 108 valence electrons. The molecular weight excluding hydrogens is 285 g/mol. The van der Waals surface area contributed by atoms with E-state index in [4.69, 9.17) is 0 Å². The molecule has 0 radical (unpaired) electrons. The van der Waals surface area contributed by atoms with Gasteiger partial charge in [-0.2, -0.15) is 13.2 Å². The molecule has 2 rings (SSSR count). The molecule has 2 nitrogen and oxygen atoms in total. The van der Waals surface area contributed by atoms with Crippen LogP contribution in [0, 0.1) is 0 Å². The summed E-state index contributed by atoms with van der Waals surface area (Å²) in [6.07, 6.45) is -4.71. The molecule has 2 aromatic rings.